The first-order chi connectivity index (χ1) is 17.9. The summed E-state index contributed by atoms with van der Waals surface area (Å²) in [6.07, 6.45) is -4.17. The Bertz CT molecular complexity index is 1230. The van der Waals surface area contributed by atoms with E-state index < -0.39 is 60.4 Å². The second kappa shape index (κ2) is 11.3. The van der Waals surface area contributed by atoms with Crippen LogP contribution >= 0.6 is 0 Å². The summed E-state index contributed by atoms with van der Waals surface area (Å²) in [5, 5.41) is 59.9. The van der Waals surface area contributed by atoms with Crippen molar-refractivity contribution in [2.75, 3.05) is 14.2 Å². The average Bonchev–Trinajstić information content (AvgIpc) is 2.87. The van der Waals surface area contributed by atoms with Crippen LogP contribution in [0.15, 0.2) is 36.4 Å². The SMILES string of the molecule is COc1cc(C(=O)O[C@H]2C[C@](O)(C(=O)O)C[C@H](OC(=O)/C=C/c3ccc(O)c(O)c3)[C@H]2O)cc(OC)c1O. The van der Waals surface area contributed by atoms with Gasteiger partial charge in [0.15, 0.2) is 28.6 Å². The van der Waals surface area contributed by atoms with Crippen molar-refractivity contribution in [3.05, 3.63) is 47.5 Å². The third-order valence-corrected chi connectivity index (χ3v) is 5.89. The molecule has 1 aliphatic carbocycles. The Kier molecular flexibility index (Phi) is 8.33. The number of carbonyl (C=O) groups is 3. The van der Waals surface area contributed by atoms with Crippen molar-refractivity contribution in [2.45, 2.75) is 36.8 Å². The van der Waals surface area contributed by atoms with Gasteiger partial charge in [0, 0.05) is 18.9 Å². The van der Waals surface area contributed by atoms with Crippen molar-refractivity contribution in [3.8, 4) is 28.7 Å². The Balaban J connectivity index is 1.80. The minimum atomic E-state index is -2.51. The van der Waals surface area contributed by atoms with Gasteiger partial charge in [0.25, 0.3) is 0 Å². The van der Waals surface area contributed by atoms with Crippen LogP contribution in [0.5, 0.6) is 28.7 Å². The van der Waals surface area contributed by atoms with Crippen molar-refractivity contribution in [1.82, 2.24) is 0 Å². The predicted octanol–water partition coefficient (Wildman–Crippen LogP) is 0.942. The molecule has 0 aromatic heterocycles. The van der Waals surface area contributed by atoms with Gasteiger partial charge in [0.1, 0.15) is 18.3 Å². The highest BCUT2D eigenvalue weighted by atomic mass is 16.6. The summed E-state index contributed by atoms with van der Waals surface area (Å²) >= 11 is 0. The van der Waals surface area contributed by atoms with Crippen molar-refractivity contribution in [3.63, 3.8) is 0 Å². The van der Waals surface area contributed by atoms with E-state index in [2.05, 4.69) is 0 Å². The normalized spacial score (nSPS) is 23.0. The lowest BCUT2D eigenvalue weighted by Gasteiger charge is -2.40. The molecular formula is C25H26O13. The minimum absolute atomic E-state index is 0.122. The number of aliphatic hydroxyl groups excluding tert-OH is 1. The number of aliphatic hydroxyl groups is 2. The van der Waals surface area contributed by atoms with Crippen LogP contribution in [-0.2, 0) is 19.1 Å². The van der Waals surface area contributed by atoms with Crippen LogP contribution < -0.4 is 9.47 Å². The third-order valence-electron chi connectivity index (χ3n) is 5.89. The molecule has 4 atom stereocenters. The average molecular weight is 534 g/mol. The molecule has 0 spiro atoms. The molecule has 0 saturated heterocycles. The number of phenols is 3. The van der Waals surface area contributed by atoms with Crippen LogP contribution in [0, 0.1) is 0 Å². The van der Waals surface area contributed by atoms with Crippen molar-refractivity contribution >= 4 is 24.0 Å². The van der Waals surface area contributed by atoms with E-state index in [4.69, 9.17) is 18.9 Å². The van der Waals surface area contributed by atoms with Gasteiger partial charge in [-0.3, -0.25) is 0 Å². The lowest BCUT2D eigenvalue weighted by atomic mass is 9.79. The monoisotopic (exact) mass is 534 g/mol. The molecule has 6 N–H and O–H groups in total. The number of phenolic OH excluding ortho intramolecular Hbond substituents is 3. The van der Waals surface area contributed by atoms with Crippen LogP contribution in [-0.4, -0.2) is 86.7 Å². The zero-order valence-electron chi connectivity index (χ0n) is 20.2. The largest absolute Gasteiger partial charge is 0.504 e. The van der Waals surface area contributed by atoms with Gasteiger partial charge < -0.3 is 49.6 Å². The molecule has 204 valence electrons. The minimum Gasteiger partial charge on any atom is -0.504 e. The molecule has 2 aromatic rings. The summed E-state index contributed by atoms with van der Waals surface area (Å²) in [6.45, 7) is 0. The number of carboxylic acids is 1. The van der Waals surface area contributed by atoms with E-state index in [1.54, 1.807) is 0 Å². The number of esters is 2. The summed E-state index contributed by atoms with van der Waals surface area (Å²) in [4.78, 5) is 36.9. The lowest BCUT2D eigenvalue weighted by molar-refractivity contribution is -0.196. The summed E-state index contributed by atoms with van der Waals surface area (Å²) in [7, 11) is 2.47. The highest BCUT2D eigenvalue weighted by molar-refractivity contribution is 5.91. The van der Waals surface area contributed by atoms with Gasteiger partial charge in [-0.2, -0.15) is 0 Å². The van der Waals surface area contributed by atoms with E-state index >= 15 is 0 Å². The zero-order valence-corrected chi connectivity index (χ0v) is 20.2. The van der Waals surface area contributed by atoms with Crippen LogP contribution in [0.4, 0.5) is 0 Å². The maximum Gasteiger partial charge on any atom is 0.338 e. The summed E-state index contributed by atoms with van der Waals surface area (Å²) in [5.41, 5.74) is -2.37. The first-order valence-corrected chi connectivity index (χ1v) is 11.1. The Morgan fingerprint density at radius 3 is 2.03 bits per heavy atom. The topological polar surface area (TPSA) is 210 Å². The Morgan fingerprint density at radius 1 is 0.921 bits per heavy atom. The lowest BCUT2D eigenvalue weighted by Crippen LogP contribution is -2.58. The molecule has 0 unspecified atom stereocenters. The molecule has 13 heteroatoms. The fourth-order valence-electron chi connectivity index (χ4n) is 3.84. The quantitative estimate of drug-likeness (QED) is 0.158. The molecule has 0 radical (unpaired) electrons. The molecule has 1 fully saturated rings. The van der Waals surface area contributed by atoms with E-state index in [1.165, 1.54) is 38.5 Å². The molecule has 1 saturated carbocycles. The van der Waals surface area contributed by atoms with E-state index in [1.807, 2.05) is 0 Å². The summed E-state index contributed by atoms with van der Waals surface area (Å²) < 4.78 is 20.4. The second-order valence-corrected chi connectivity index (χ2v) is 8.47. The number of methoxy groups -OCH3 is 2. The van der Waals surface area contributed by atoms with E-state index in [-0.39, 0.29) is 28.6 Å². The van der Waals surface area contributed by atoms with Gasteiger partial charge in [-0.1, -0.05) is 6.07 Å². The highest BCUT2D eigenvalue weighted by Gasteiger charge is 2.52. The molecular weight excluding hydrogens is 508 g/mol. The van der Waals surface area contributed by atoms with Crippen molar-refractivity contribution in [2.24, 2.45) is 0 Å². The Labute approximate surface area is 215 Å². The Hall–Kier alpha value is -4.49. The number of rotatable bonds is 8. The first kappa shape index (κ1) is 28.1. The fraction of sp³-hybridized carbons (Fsp3) is 0.320. The predicted molar refractivity (Wildman–Crippen MR) is 127 cm³/mol. The molecule has 38 heavy (non-hydrogen) atoms. The van der Waals surface area contributed by atoms with Crippen LogP contribution in [0.3, 0.4) is 0 Å². The van der Waals surface area contributed by atoms with Crippen LogP contribution in [0.2, 0.25) is 0 Å². The number of aliphatic carboxylic acids is 1. The summed E-state index contributed by atoms with van der Waals surface area (Å²) in [5.74, 6) is -5.21. The van der Waals surface area contributed by atoms with Crippen LogP contribution in [0.1, 0.15) is 28.8 Å². The van der Waals surface area contributed by atoms with Gasteiger partial charge in [0.2, 0.25) is 5.75 Å². The third kappa shape index (κ3) is 6.07. The van der Waals surface area contributed by atoms with Gasteiger partial charge in [0.05, 0.1) is 19.8 Å². The van der Waals surface area contributed by atoms with E-state index in [9.17, 15) is 45.0 Å². The standard InChI is InChI=1S/C25H26O13/c1-35-16-8-13(9-17(36-2)21(16)29)23(31)38-19-11-25(34,24(32)33)10-18(22(19)30)37-20(28)6-4-12-3-5-14(26)15(27)7-12/h3-9,18-19,22,26-27,29-30,34H,10-11H2,1-2H3,(H,32,33)/b6-4+/t18-,19-,22+,25-/m0/s1. The number of carbonyl (C=O) groups excluding carboxylic acids is 2. The Morgan fingerprint density at radius 2 is 1.50 bits per heavy atom. The highest BCUT2D eigenvalue weighted by Crippen LogP contribution is 2.38. The van der Waals surface area contributed by atoms with Gasteiger partial charge in [-0.15, -0.1) is 0 Å². The number of aromatic hydroxyl groups is 3. The molecule has 3 rings (SSSR count). The van der Waals surface area contributed by atoms with Crippen molar-refractivity contribution < 1.29 is 64.0 Å². The molecule has 0 aliphatic heterocycles. The van der Waals surface area contributed by atoms with E-state index in [0.717, 1.165) is 18.2 Å². The maximum atomic E-state index is 12.8. The number of carboxylic acid groups (broad SMARTS) is 1. The van der Waals surface area contributed by atoms with Gasteiger partial charge >= 0.3 is 17.9 Å². The number of hydrogen-bond donors (Lipinski definition) is 6. The summed E-state index contributed by atoms with van der Waals surface area (Å²) in [6, 6.07) is 6.00. The van der Waals surface area contributed by atoms with Crippen LogP contribution in [0.25, 0.3) is 6.08 Å². The smallest absolute Gasteiger partial charge is 0.338 e. The van der Waals surface area contributed by atoms with E-state index in [0.29, 0.717) is 5.56 Å². The number of benzene rings is 2. The zero-order chi connectivity index (χ0) is 28.2. The molecule has 1 aliphatic rings. The molecule has 0 heterocycles. The number of hydrogen-bond acceptors (Lipinski definition) is 12. The maximum absolute atomic E-state index is 12.8. The number of ether oxygens (including phenoxy) is 4. The molecule has 2 aromatic carbocycles. The second-order valence-electron chi connectivity index (χ2n) is 8.47. The first-order valence-electron chi connectivity index (χ1n) is 11.1. The molecule has 0 bridgehead atoms. The fourth-order valence-corrected chi connectivity index (χ4v) is 3.84. The van der Waals surface area contributed by atoms with Crippen molar-refractivity contribution in [1.29, 1.82) is 0 Å². The van der Waals surface area contributed by atoms with Gasteiger partial charge in [-0.25, -0.2) is 14.4 Å². The van der Waals surface area contributed by atoms with Gasteiger partial charge in [-0.05, 0) is 35.9 Å². The molecule has 0 amide bonds. The molecule has 13 nitrogen and oxygen atoms in total.